The summed E-state index contributed by atoms with van der Waals surface area (Å²) in [7, 11) is 0. The molecule has 0 aliphatic carbocycles. The Morgan fingerprint density at radius 2 is 2.10 bits per heavy atom. The molecule has 0 aliphatic rings. The Hall–Kier alpha value is 0.700. The first-order chi connectivity index (χ1) is 4.81. The number of unbranched alkanes of at least 4 members (excludes halogenated alkanes) is 1. The number of hydrogen-bond donors (Lipinski definition) is 1. The minimum absolute atomic E-state index is 0.847. The van der Waals surface area contributed by atoms with E-state index >= 15 is 0 Å². The Balaban J connectivity index is 2.89. The third-order valence-electron chi connectivity index (χ3n) is 1.53. The number of rotatable bonds is 6. The monoisotopic (exact) mass is 178 g/mol. The normalized spacial score (nSPS) is 13.5. The molecule has 1 unspecified atom stereocenters. The lowest BCUT2D eigenvalue weighted by Crippen LogP contribution is -1.94. The molecular weight excluding hydrogens is 160 g/mol. The van der Waals surface area contributed by atoms with Gasteiger partial charge in [-0.1, -0.05) is 13.8 Å². The van der Waals surface area contributed by atoms with Crippen molar-refractivity contribution in [3.05, 3.63) is 0 Å². The van der Waals surface area contributed by atoms with Crippen molar-refractivity contribution >= 4 is 24.4 Å². The first-order valence-corrected chi connectivity index (χ1v) is 5.71. The van der Waals surface area contributed by atoms with Crippen molar-refractivity contribution in [1.82, 2.24) is 0 Å². The SMILES string of the molecule is CCC(C)SCCCCS. The quantitative estimate of drug-likeness (QED) is 0.481. The minimum atomic E-state index is 0.847. The summed E-state index contributed by atoms with van der Waals surface area (Å²) >= 11 is 6.24. The Bertz CT molecular complexity index is 64.3. The lowest BCUT2D eigenvalue weighted by molar-refractivity contribution is 0.879. The lowest BCUT2D eigenvalue weighted by atomic mass is 10.4. The highest BCUT2D eigenvalue weighted by Crippen LogP contribution is 2.14. The van der Waals surface area contributed by atoms with Crippen LogP contribution in [0.5, 0.6) is 0 Å². The van der Waals surface area contributed by atoms with Crippen LogP contribution in [-0.4, -0.2) is 16.8 Å². The van der Waals surface area contributed by atoms with E-state index in [2.05, 4.69) is 38.2 Å². The second-order valence-corrected chi connectivity index (χ2v) is 4.51. The van der Waals surface area contributed by atoms with Crippen LogP contribution in [0, 0.1) is 0 Å². The summed E-state index contributed by atoms with van der Waals surface area (Å²) in [5.74, 6) is 2.36. The van der Waals surface area contributed by atoms with E-state index in [0.29, 0.717) is 0 Å². The van der Waals surface area contributed by atoms with E-state index in [1.54, 1.807) is 0 Å². The van der Waals surface area contributed by atoms with Crippen LogP contribution in [0.1, 0.15) is 33.1 Å². The van der Waals surface area contributed by atoms with E-state index in [1.165, 1.54) is 25.0 Å². The summed E-state index contributed by atoms with van der Waals surface area (Å²) < 4.78 is 0. The molecule has 0 saturated heterocycles. The third kappa shape index (κ3) is 6.81. The van der Waals surface area contributed by atoms with E-state index in [9.17, 15) is 0 Å². The van der Waals surface area contributed by atoms with Crippen LogP contribution in [0.4, 0.5) is 0 Å². The summed E-state index contributed by atoms with van der Waals surface area (Å²) in [6.07, 6.45) is 3.90. The maximum absolute atomic E-state index is 4.16. The van der Waals surface area contributed by atoms with Gasteiger partial charge in [0.15, 0.2) is 0 Å². The van der Waals surface area contributed by atoms with Crippen LogP contribution in [-0.2, 0) is 0 Å². The Morgan fingerprint density at radius 3 is 2.60 bits per heavy atom. The van der Waals surface area contributed by atoms with Crippen molar-refractivity contribution in [3.8, 4) is 0 Å². The Kier molecular flexibility index (Phi) is 8.35. The summed E-state index contributed by atoms with van der Waals surface area (Å²) in [5, 5.41) is 0.847. The van der Waals surface area contributed by atoms with Crippen LogP contribution in [0.3, 0.4) is 0 Å². The summed E-state index contributed by atoms with van der Waals surface area (Å²) in [4.78, 5) is 0. The van der Waals surface area contributed by atoms with Gasteiger partial charge in [-0.25, -0.2) is 0 Å². The molecule has 0 aromatic heterocycles. The van der Waals surface area contributed by atoms with Crippen LogP contribution in [0.2, 0.25) is 0 Å². The van der Waals surface area contributed by atoms with Gasteiger partial charge < -0.3 is 0 Å². The topological polar surface area (TPSA) is 0 Å². The van der Waals surface area contributed by atoms with Gasteiger partial charge in [-0.15, -0.1) is 0 Å². The molecule has 0 bridgehead atoms. The number of hydrogen-bond acceptors (Lipinski definition) is 2. The van der Waals surface area contributed by atoms with Crippen molar-refractivity contribution < 1.29 is 0 Å². The fraction of sp³-hybridized carbons (Fsp3) is 1.00. The average Bonchev–Trinajstić information content (AvgIpc) is 1.98. The highest BCUT2D eigenvalue weighted by Gasteiger charge is 1.96. The molecule has 0 amide bonds. The molecule has 0 heterocycles. The Labute approximate surface area is 74.6 Å². The van der Waals surface area contributed by atoms with Gasteiger partial charge in [-0.2, -0.15) is 24.4 Å². The van der Waals surface area contributed by atoms with Crippen molar-refractivity contribution in [3.63, 3.8) is 0 Å². The van der Waals surface area contributed by atoms with Crippen molar-refractivity contribution in [2.24, 2.45) is 0 Å². The highest BCUT2D eigenvalue weighted by molar-refractivity contribution is 7.99. The minimum Gasteiger partial charge on any atom is -0.179 e. The van der Waals surface area contributed by atoms with Crippen LogP contribution in [0.15, 0.2) is 0 Å². The molecule has 0 rings (SSSR count). The largest absolute Gasteiger partial charge is 0.179 e. The van der Waals surface area contributed by atoms with E-state index in [-0.39, 0.29) is 0 Å². The zero-order valence-corrected chi connectivity index (χ0v) is 8.68. The van der Waals surface area contributed by atoms with Crippen LogP contribution >= 0.6 is 24.4 Å². The van der Waals surface area contributed by atoms with Gasteiger partial charge in [0.05, 0.1) is 0 Å². The molecule has 62 valence electrons. The van der Waals surface area contributed by atoms with Gasteiger partial charge in [-0.3, -0.25) is 0 Å². The molecule has 0 aromatic rings. The van der Waals surface area contributed by atoms with Crippen molar-refractivity contribution in [2.75, 3.05) is 11.5 Å². The van der Waals surface area contributed by atoms with Gasteiger partial charge in [0.1, 0.15) is 0 Å². The molecule has 10 heavy (non-hydrogen) atoms. The molecule has 2 heteroatoms. The van der Waals surface area contributed by atoms with E-state index in [0.717, 1.165) is 11.0 Å². The molecule has 0 spiro atoms. The zero-order chi connectivity index (χ0) is 7.82. The molecule has 0 fully saturated rings. The van der Waals surface area contributed by atoms with Gasteiger partial charge in [0, 0.05) is 5.25 Å². The predicted molar refractivity (Wildman–Crippen MR) is 55.3 cm³/mol. The fourth-order valence-electron chi connectivity index (χ4n) is 0.616. The summed E-state index contributed by atoms with van der Waals surface area (Å²) in [6.45, 7) is 4.54. The predicted octanol–water partition coefficient (Wildman–Crippen LogP) is 3.23. The molecule has 0 N–H and O–H groups in total. The van der Waals surface area contributed by atoms with Gasteiger partial charge in [0.25, 0.3) is 0 Å². The zero-order valence-electron chi connectivity index (χ0n) is 6.97. The number of thiol groups is 1. The van der Waals surface area contributed by atoms with E-state index in [1.807, 2.05) is 0 Å². The summed E-state index contributed by atoms with van der Waals surface area (Å²) in [5.41, 5.74) is 0. The molecular formula is C8H18S2. The first kappa shape index (κ1) is 10.7. The van der Waals surface area contributed by atoms with Gasteiger partial charge in [-0.05, 0) is 30.8 Å². The van der Waals surface area contributed by atoms with Crippen LogP contribution < -0.4 is 0 Å². The molecule has 0 radical (unpaired) electrons. The molecule has 0 saturated carbocycles. The number of thioether (sulfide) groups is 1. The fourth-order valence-corrected chi connectivity index (χ4v) is 1.85. The van der Waals surface area contributed by atoms with Gasteiger partial charge in [0.2, 0.25) is 0 Å². The third-order valence-corrected chi connectivity index (χ3v) is 3.27. The Morgan fingerprint density at radius 1 is 1.40 bits per heavy atom. The lowest BCUT2D eigenvalue weighted by Gasteiger charge is -2.06. The highest BCUT2D eigenvalue weighted by atomic mass is 32.2. The van der Waals surface area contributed by atoms with Crippen LogP contribution in [0.25, 0.3) is 0 Å². The molecule has 0 nitrogen and oxygen atoms in total. The molecule has 0 aliphatic heterocycles. The van der Waals surface area contributed by atoms with Gasteiger partial charge >= 0.3 is 0 Å². The second kappa shape index (κ2) is 7.80. The maximum atomic E-state index is 4.16. The maximum Gasteiger partial charge on any atom is 0.00160 e. The van der Waals surface area contributed by atoms with E-state index in [4.69, 9.17) is 0 Å². The standard InChI is InChI=1S/C8H18S2/c1-3-8(2)10-7-5-4-6-9/h8-9H,3-7H2,1-2H3. The smallest absolute Gasteiger partial charge is 0.00160 e. The second-order valence-electron chi connectivity index (χ2n) is 2.52. The first-order valence-electron chi connectivity index (χ1n) is 4.03. The summed E-state index contributed by atoms with van der Waals surface area (Å²) in [6, 6.07) is 0. The van der Waals surface area contributed by atoms with E-state index < -0.39 is 0 Å². The van der Waals surface area contributed by atoms with Crippen molar-refractivity contribution in [1.29, 1.82) is 0 Å². The average molecular weight is 178 g/mol. The van der Waals surface area contributed by atoms with Crippen molar-refractivity contribution in [2.45, 2.75) is 38.4 Å². The molecule has 1 atom stereocenters. The molecule has 0 aromatic carbocycles.